The fourth-order valence-corrected chi connectivity index (χ4v) is 2.59. The van der Waals surface area contributed by atoms with Crippen molar-refractivity contribution in [1.82, 2.24) is 4.98 Å². The lowest BCUT2D eigenvalue weighted by atomic mass is 10.1. The van der Waals surface area contributed by atoms with Gasteiger partial charge in [0, 0.05) is 25.0 Å². The fourth-order valence-electron chi connectivity index (χ4n) is 2.59. The van der Waals surface area contributed by atoms with Gasteiger partial charge in [0.25, 0.3) is 0 Å². The molecular weight excluding hydrogens is 222 g/mol. The molecule has 2 heterocycles. The summed E-state index contributed by atoms with van der Waals surface area (Å²) >= 11 is 0. The van der Waals surface area contributed by atoms with Gasteiger partial charge in [0.2, 0.25) is 0 Å². The Balaban J connectivity index is 1.95. The Labute approximate surface area is 108 Å². The lowest BCUT2D eigenvalue weighted by Crippen LogP contribution is -2.30. The van der Waals surface area contributed by atoms with Crippen LogP contribution in [0.4, 0.5) is 5.82 Å². The van der Waals surface area contributed by atoms with E-state index in [-0.39, 0.29) is 0 Å². The van der Waals surface area contributed by atoms with E-state index >= 15 is 0 Å². The highest BCUT2D eigenvalue weighted by molar-refractivity contribution is 5.81. The first-order valence-corrected chi connectivity index (χ1v) is 6.71. The second kappa shape index (κ2) is 4.94. The molecular formula is C15H19N3. The topological polar surface area (TPSA) is 42.1 Å². The fraction of sp³-hybridized carbons (Fsp3) is 0.400. The predicted molar refractivity (Wildman–Crippen MR) is 75.7 cm³/mol. The molecule has 1 aromatic carbocycles. The third-order valence-corrected chi connectivity index (χ3v) is 3.65. The zero-order chi connectivity index (χ0) is 12.4. The third-order valence-electron chi connectivity index (χ3n) is 3.65. The normalized spacial score (nSPS) is 16.2. The zero-order valence-corrected chi connectivity index (χ0v) is 10.6. The van der Waals surface area contributed by atoms with E-state index in [0.717, 1.165) is 30.0 Å². The number of hydrogen-bond acceptors (Lipinski definition) is 3. The van der Waals surface area contributed by atoms with Gasteiger partial charge >= 0.3 is 0 Å². The van der Waals surface area contributed by atoms with Crippen molar-refractivity contribution < 1.29 is 0 Å². The largest absolute Gasteiger partial charge is 0.357 e. The van der Waals surface area contributed by atoms with E-state index in [1.54, 1.807) is 0 Å². The van der Waals surface area contributed by atoms with Crippen molar-refractivity contribution in [3.8, 4) is 0 Å². The van der Waals surface area contributed by atoms with Crippen LogP contribution in [-0.4, -0.2) is 18.1 Å². The summed E-state index contributed by atoms with van der Waals surface area (Å²) < 4.78 is 0. The minimum absolute atomic E-state index is 0.587. The minimum atomic E-state index is 0.587. The molecule has 3 heteroatoms. The van der Waals surface area contributed by atoms with Crippen LogP contribution in [0.3, 0.4) is 0 Å². The van der Waals surface area contributed by atoms with Crippen molar-refractivity contribution in [1.29, 1.82) is 0 Å². The van der Waals surface area contributed by atoms with Gasteiger partial charge in [0.1, 0.15) is 5.82 Å². The van der Waals surface area contributed by atoms with E-state index in [1.807, 2.05) is 0 Å². The van der Waals surface area contributed by atoms with E-state index in [2.05, 4.69) is 35.2 Å². The van der Waals surface area contributed by atoms with E-state index in [1.165, 1.54) is 24.6 Å². The van der Waals surface area contributed by atoms with Gasteiger partial charge in [-0.1, -0.05) is 6.07 Å². The van der Waals surface area contributed by atoms with Crippen molar-refractivity contribution in [2.24, 2.45) is 5.73 Å². The number of benzene rings is 1. The maximum Gasteiger partial charge on any atom is 0.129 e. The average Bonchev–Trinajstić information content (AvgIpc) is 2.47. The third kappa shape index (κ3) is 2.18. The number of rotatable bonds is 2. The van der Waals surface area contributed by atoms with Crippen molar-refractivity contribution in [3.63, 3.8) is 0 Å². The van der Waals surface area contributed by atoms with Gasteiger partial charge in [-0.2, -0.15) is 0 Å². The smallest absolute Gasteiger partial charge is 0.129 e. The molecule has 1 saturated heterocycles. The van der Waals surface area contributed by atoms with Crippen LogP contribution in [0.1, 0.15) is 24.8 Å². The van der Waals surface area contributed by atoms with Crippen molar-refractivity contribution >= 4 is 16.7 Å². The highest BCUT2D eigenvalue weighted by Crippen LogP contribution is 2.22. The highest BCUT2D eigenvalue weighted by atomic mass is 15.2. The molecule has 94 valence electrons. The van der Waals surface area contributed by atoms with Gasteiger partial charge in [-0.05, 0) is 49.1 Å². The van der Waals surface area contributed by atoms with Gasteiger partial charge < -0.3 is 10.6 Å². The standard InChI is InChI=1S/C15H19N3/c16-11-12-4-6-14-13(10-12)5-7-15(17-14)18-8-2-1-3-9-18/h4-7,10H,1-3,8-9,11,16H2. The number of nitrogens with two attached hydrogens (primary N) is 1. The van der Waals surface area contributed by atoms with E-state index in [4.69, 9.17) is 10.7 Å². The summed E-state index contributed by atoms with van der Waals surface area (Å²) in [5.74, 6) is 1.11. The second-order valence-corrected chi connectivity index (χ2v) is 4.95. The number of anilines is 1. The van der Waals surface area contributed by atoms with Crippen molar-refractivity contribution in [3.05, 3.63) is 35.9 Å². The Kier molecular flexibility index (Phi) is 3.15. The molecule has 0 amide bonds. The second-order valence-electron chi connectivity index (χ2n) is 4.95. The van der Waals surface area contributed by atoms with Crippen LogP contribution in [0.15, 0.2) is 30.3 Å². The Bertz CT molecular complexity index is 544. The quantitative estimate of drug-likeness (QED) is 0.879. The average molecular weight is 241 g/mol. The number of piperidine rings is 1. The summed E-state index contributed by atoms with van der Waals surface area (Å²) in [5.41, 5.74) is 7.89. The van der Waals surface area contributed by atoms with Crippen molar-refractivity contribution in [2.45, 2.75) is 25.8 Å². The molecule has 0 radical (unpaired) electrons. The molecule has 2 N–H and O–H groups in total. The highest BCUT2D eigenvalue weighted by Gasteiger charge is 2.12. The van der Waals surface area contributed by atoms with Crippen LogP contribution < -0.4 is 10.6 Å². The Morgan fingerprint density at radius 2 is 1.89 bits per heavy atom. The van der Waals surface area contributed by atoms with Gasteiger partial charge in [-0.3, -0.25) is 0 Å². The Morgan fingerprint density at radius 1 is 1.06 bits per heavy atom. The lowest BCUT2D eigenvalue weighted by Gasteiger charge is -2.27. The number of fused-ring (bicyclic) bond motifs is 1. The van der Waals surface area contributed by atoms with Gasteiger partial charge in [0.05, 0.1) is 5.52 Å². The first-order chi connectivity index (χ1) is 8.86. The molecule has 2 aromatic rings. The molecule has 0 atom stereocenters. The molecule has 18 heavy (non-hydrogen) atoms. The van der Waals surface area contributed by atoms with Crippen LogP contribution in [0.5, 0.6) is 0 Å². The first kappa shape index (κ1) is 11.5. The SMILES string of the molecule is NCc1ccc2nc(N3CCCCC3)ccc2c1. The molecule has 0 aliphatic carbocycles. The van der Waals surface area contributed by atoms with Crippen LogP contribution in [0, 0.1) is 0 Å². The molecule has 0 bridgehead atoms. The number of hydrogen-bond donors (Lipinski definition) is 1. The summed E-state index contributed by atoms with van der Waals surface area (Å²) in [6.45, 7) is 2.86. The van der Waals surface area contributed by atoms with Gasteiger partial charge in [-0.25, -0.2) is 4.98 Å². The summed E-state index contributed by atoms with van der Waals surface area (Å²) in [6, 6.07) is 10.6. The van der Waals surface area contributed by atoms with Crippen molar-refractivity contribution in [2.75, 3.05) is 18.0 Å². The maximum atomic E-state index is 5.66. The number of pyridine rings is 1. The first-order valence-electron chi connectivity index (χ1n) is 6.71. The monoisotopic (exact) mass is 241 g/mol. The molecule has 3 rings (SSSR count). The summed E-state index contributed by atoms with van der Waals surface area (Å²) in [5, 5.41) is 1.18. The van der Waals surface area contributed by atoms with Crippen LogP contribution in [0.2, 0.25) is 0 Å². The maximum absolute atomic E-state index is 5.66. The predicted octanol–water partition coefficient (Wildman–Crippen LogP) is 2.68. The molecule has 3 nitrogen and oxygen atoms in total. The van der Waals surface area contributed by atoms with Gasteiger partial charge in [0.15, 0.2) is 0 Å². The van der Waals surface area contributed by atoms with Crippen LogP contribution in [-0.2, 0) is 6.54 Å². The Morgan fingerprint density at radius 3 is 2.67 bits per heavy atom. The summed E-state index contributed by atoms with van der Waals surface area (Å²) in [6.07, 6.45) is 3.92. The molecule has 1 aliphatic heterocycles. The molecule has 0 spiro atoms. The van der Waals surface area contributed by atoms with E-state index in [0.29, 0.717) is 6.54 Å². The summed E-state index contributed by atoms with van der Waals surface area (Å²) in [7, 11) is 0. The number of nitrogens with zero attached hydrogens (tertiary/aromatic N) is 2. The van der Waals surface area contributed by atoms with Crippen LogP contribution in [0.25, 0.3) is 10.9 Å². The molecule has 0 saturated carbocycles. The number of aromatic nitrogens is 1. The van der Waals surface area contributed by atoms with Crippen LogP contribution >= 0.6 is 0 Å². The zero-order valence-electron chi connectivity index (χ0n) is 10.6. The molecule has 1 aliphatic rings. The minimum Gasteiger partial charge on any atom is -0.357 e. The molecule has 0 unspecified atom stereocenters. The van der Waals surface area contributed by atoms with E-state index in [9.17, 15) is 0 Å². The summed E-state index contributed by atoms with van der Waals surface area (Å²) in [4.78, 5) is 7.15. The van der Waals surface area contributed by atoms with E-state index < -0.39 is 0 Å². The molecule has 1 aromatic heterocycles. The molecule has 1 fully saturated rings. The Hall–Kier alpha value is -1.61. The van der Waals surface area contributed by atoms with Gasteiger partial charge in [-0.15, -0.1) is 0 Å². The lowest BCUT2D eigenvalue weighted by molar-refractivity contribution is 0.574.